The molecule has 66 valence electrons. The summed E-state index contributed by atoms with van der Waals surface area (Å²) < 4.78 is 4.40. The van der Waals surface area contributed by atoms with Gasteiger partial charge in [-0.15, -0.1) is 6.42 Å². The molecule has 0 aromatic rings. The summed E-state index contributed by atoms with van der Waals surface area (Å²) in [6.45, 7) is 0.275. The van der Waals surface area contributed by atoms with E-state index in [1.807, 2.05) is 0 Å². The summed E-state index contributed by atoms with van der Waals surface area (Å²) in [4.78, 5) is 11.0. The number of hydrogen-bond donors (Lipinski definition) is 2. The van der Waals surface area contributed by atoms with Crippen molar-refractivity contribution in [3.8, 4) is 12.3 Å². The number of hydrogen-bond acceptors (Lipinski definition) is 4. The van der Waals surface area contributed by atoms with Gasteiger partial charge in [0.15, 0.2) is 5.54 Å². The number of terminal acetylenes is 1. The lowest BCUT2D eigenvalue weighted by Crippen LogP contribution is -2.45. The quantitative estimate of drug-likeness (QED) is 0.322. The molecule has 4 heteroatoms. The van der Waals surface area contributed by atoms with Crippen LogP contribution in [-0.4, -0.2) is 25.2 Å². The van der Waals surface area contributed by atoms with Crippen molar-refractivity contribution in [2.75, 3.05) is 13.7 Å². The van der Waals surface area contributed by atoms with Crippen molar-refractivity contribution >= 4 is 5.97 Å². The number of esters is 1. The van der Waals surface area contributed by atoms with Crippen LogP contribution < -0.4 is 11.5 Å². The minimum absolute atomic E-state index is 0.275. The third-order valence-electron chi connectivity index (χ3n) is 1.28. The van der Waals surface area contributed by atoms with Crippen molar-refractivity contribution in [3.63, 3.8) is 0 Å². The van der Waals surface area contributed by atoms with Gasteiger partial charge < -0.3 is 16.2 Å². The third kappa shape index (κ3) is 2.38. The Balaban J connectivity index is 4.59. The van der Waals surface area contributed by atoms with Gasteiger partial charge >= 0.3 is 5.97 Å². The predicted octanol–water partition coefficient (Wildman–Crippen LogP) is -0.995. The zero-order valence-corrected chi connectivity index (χ0v) is 6.91. The average molecular weight is 168 g/mol. The maximum Gasteiger partial charge on any atom is 0.342 e. The lowest BCUT2D eigenvalue weighted by atomic mass is 10.0. The Hall–Kier alpha value is -1.31. The first-order valence-electron chi connectivity index (χ1n) is 3.33. The van der Waals surface area contributed by atoms with Gasteiger partial charge in [0, 0.05) is 6.54 Å². The summed E-state index contributed by atoms with van der Waals surface area (Å²) in [6, 6.07) is 0. The zero-order valence-electron chi connectivity index (χ0n) is 6.91. The maximum absolute atomic E-state index is 11.0. The summed E-state index contributed by atoms with van der Waals surface area (Å²) in [6.07, 6.45) is 7.91. The molecule has 0 fully saturated rings. The minimum atomic E-state index is -1.49. The van der Waals surface area contributed by atoms with Gasteiger partial charge in [-0.05, 0) is 6.08 Å². The van der Waals surface area contributed by atoms with Crippen LogP contribution >= 0.6 is 0 Å². The fraction of sp³-hybridized carbons (Fsp3) is 0.375. The molecule has 0 spiro atoms. The first-order valence-corrected chi connectivity index (χ1v) is 3.33. The van der Waals surface area contributed by atoms with E-state index in [0.717, 1.165) is 0 Å². The molecule has 0 aromatic heterocycles. The molecule has 0 aliphatic heterocycles. The molecule has 0 amide bonds. The molecule has 0 bridgehead atoms. The van der Waals surface area contributed by atoms with Crippen molar-refractivity contribution in [2.45, 2.75) is 5.54 Å². The highest BCUT2D eigenvalue weighted by molar-refractivity contribution is 5.87. The summed E-state index contributed by atoms with van der Waals surface area (Å²) in [5, 5.41) is 0. The largest absolute Gasteiger partial charge is 0.467 e. The lowest BCUT2D eigenvalue weighted by Gasteiger charge is -2.15. The first-order chi connectivity index (χ1) is 5.60. The van der Waals surface area contributed by atoms with E-state index in [2.05, 4.69) is 10.7 Å². The van der Waals surface area contributed by atoms with Crippen LogP contribution in [-0.2, 0) is 9.53 Å². The molecule has 1 unspecified atom stereocenters. The first kappa shape index (κ1) is 10.7. The molecular weight excluding hydrogens is 156 g/mol. The molecule has 1 atom stereocenters. The van der Waals surface area contributed by atoms with Crippen LogP contribution in [0.25, 0.3) is 0 Å². The Kier molecular flexibility index (Phi) is 4.05. The van der Waals surface area contributed by atoms with Crippen LogP contribution in [0.15, 0.2) is 12.2 Å². The zero-order chi connectivity index (χ0) is 9.61. The highest BCUT2D eigenvalue weighted by Crippen LogP contribution is 2.03. The van der Waals surface area contributed by atoms with Gasteiger partial charge in [-0.3, -0.25) is 0 Å². The molecule has 0 aromatic carbocycles. The van der Waals surface area contributed by atoms with E-state index in [1.165, 1.54) is 19.3 Å². The van der Waals surface area contributed by atoms with E-state index >= 15 is 0 Å². The van der Waals surface area contributed by atoms with Crippen molar-refractivity contribution in [2.24, 2.45) is 11.5 Å². The fourth-order valence-electron chi connectivity index (χ4n) is 0.598. The lowest BCUT2D eigenvalue weighted by molar-refractivity contribution is -0.143. The molecule has 0 aliphatic carbocycles. The molecule has 12 heavy (non-hydrogen) atoms. The highest BCUT2D eigenvalue weighted by Gasteiger charge is 2.29. The van der Waals surface area contributed by atoms with Crippen LogP contribution in [0.5, 0.6) is 0 Å². The number of carbonyl (C=O) groups is 1. The summed E-state index contributed by atoms with van der Waals surface area (Å²) in [5.74, 6) is 1.45. The van der Waals surface area contributed by atoms with Crippen molar-refractivity contribution < 1.29 is 9.53 Å². The Morgan fingerprint density at radius 3 is 2.75 bits per heavy atom. The molecule has 0 aliphatic rings. The summed E-state index contributed by atoms with van der Waals surface area (Å²) >= 11 is 0. The van der Waals surface area contributed by atoms with Crippen molar-refractivity contribution in [1.29, 1.82) is 0 Å². The summed E-state index contributed by atoms with van der Waals surface area (Å²) in [7, 11) is 1.22. The van der Waals surface area contributed by atoms with Gasteiger partial charge in [0.25, 0.3) is 0 Å². The second-order valence-electron chi connectivity index (χ2n) is 2.14. The highest BCUT2D eigenvalue weighted by atomic mass is 16.5. The molecule has 0 saturated heterocycles. The second kappa shape index (κ2) is 4.54. The number of rotatable bonds is 3. The van der Waals surface area contributed by atoms with Gasteiger partial charge in [-0.1, -0.05) is 12.0 Å². The predicted molar refractivity (Wildman–Crippen MR) is 46.0 cm³/mol. The SMILES string of the molecule is C#CC(N)(/C=C/CN)C(=O)OC. The summed E-state index contributed by atoms with van der Waals surface area (Å²) in [5.41, 5.74) is 9.16. The van der Waals surface area contributed by atoms with Crippen LogP contribution in [0.4, 0.5) is 0 Å². The van der Waals surface area contributed by atoms with E-state index in [4.69, 9.17) is 17.9 Å². The molecule has 4 N–H and O–H groups in total. The Morgan fingerprint density at radius 1 is 1.83 bits per heavy atom. The number of methoxy groups -OCH3 is 1. The normalized spacial score (nSPS) is 15.2. The van der Waals surface area contributed by atoms with Gasteiger partial charge in [0.1, 0.15) is 0 Å². The standard InChI is InChI=1S/C8H12N2O2/c1-3-8(10,5-4-6-9)7(11)12-2/h1,4-5H,6,9-10H2,2H3/b5-4+. The second-order valence-corrected chi connectivity index (χ2v) is 2.14. The van der Waals surface area contributed by atoms with Gasteiger partial charge in [0.05, 0.1) is 7.11 Å². The Morgan fingerprint density at radius 2 is 2.42 bits per heavy atom. The smallest absolute Gasteiger partial charge is 0.342 e. The molecule has 0 rings (SSSR count). The monoisotopic (exact) mass is 168 g/mol. The van der Waals surface area contributed by atoms with E-state index in [1.54, 1.807) is 0 Å². The van der Waals surface area contributed by atoms with Crippen LogP contribution in [0.2, 0.25) is 0 Å². The van der Waals surface area contributed by atoms with Gasteiger partial charge in [0.2, 0.25) is 0 Å². The maximum atomic E-state index is 11.0. The fourth-order valence-corrected chi connectivity index (χ4v) is 0.598. The number of nitrogens with two attached hydrogens (primary N) is 2. The van der Waals surface area contributed by atoms with Crippen LogP contribution in [0.3, 0.4) is 0 Å². The average Bonchev–Trinajstić information content (AvgIpc) is 2.12. The topological polar surface area (TPSA) is 78.3 Å². The van der Waals surface area contributed by atoms with Crippen molar-refractivity contribution in [1.82, 2.24) is 0 Å². The minimum Gasteiger partial charge on any atom is -0.467 e. The molecule has 0 saturated carbocycles. The molecule has 4 nitrogen and oxygen atoms in total. The number of ether oxygens (including phenoxy) is 1. The van der Waals surface area contributed by atoms with Gasteiger partial charge in [-0.25, -0.2) is 4.79 Å². The Labute approximate surface area is 71.6 Å². The van der Waals surface area contributed by atoms with Crippen LogP contribution in [0, 0.1) is 12.3 Å². The Bertz CT molecular complexity index is 230. The van der Waals surface area contributed by atoms with E-state index in [-0.39, 0.29) is 6.54 Å². The van der Waals surface area contributed by atoms with E-state index in [0.29, 0.717) is 0 Å². The molecule has 0 radical (unpaired) electrons. The third-order valence-corrected chi connectivity index (χ3v) is 1.28. The van der Waals surface area contributed by atoms with E-state index in [9.17, 15) is 4.79 Å². The number of carbonyl (C=O) groups excluding carboxylic acids is 1. The van der Waals surface area contributed by atoms with Crippen LogP contribution in [0.1, 0.15) is 0 Å². The van der Waals surface area contributed by atoms with Gasteiger partial charge in [-0.2, -0.15) is 0 Å². The molecular formula is C8H12N2O2. The molecule has 0 heterocycles. The van der Waals surface area contributed by atoms with E-state index < -0.39 is 11.5 Å². The van der Waals surface area contributed by atoms with Crippen molar-refractivity contribution in [3.05, 3.63) is 12.2 Å².